The fourth-order valence-electron chi connectivity index (χ4n) is 5.82. The number of fused-ring (bicyclic) bond motifs is 5. The van der Waals surface area contributed by atoms with Crippen LogP contribution in [0.25, 0.3) is 10.2 Å². The van der Waals surface area contributed by atoms with Crippen molar-refractivity contribution in [3.63, 3.8) is 0 Å². The minimum Gasteiger partial charge on any atom is -0.340 e. The summed E-state index contributed by atoms with van der Waals surface area (Å²) >= 11 is 6.91. The largest absolute Gasteiger partial charge is 0.340 e. The zero-order valence-electron chi connectivity index (χ0n) is 20.4. The fraction of sp³-hybridized carbons (Fsp3) is 0.440. The smallest absolute Gasteiger partial charge is 0.250 e. The molecule has 0 radical (unpaired) electrons. The Balaban J connectivity index is 1.13. The number of carbonyl (C=O) groups excluding carboxylic acids is 2. The third kappa shape index (κ3) is 4.74. The standard InChI is InChI=1S/C25H26ClN5O5S2/c26-20-7-6-16-10-23(37-24(16)27-20)38(35,36)28-18-3-2-8-29(25(18)34)14-22(33)30-11-15-9-17(13-30)19-4-1-5-21(32)31(19)12-15/h1,4-7,10,15,17-18,28H,2-3,8-9,11-14H2/t15-,17?,18-/m0/s1. The van der Waals surface area contributed by atoms with Crippen LogP contribution in [0.15, 0.2) is 45.4 Å². The molecule has 10 nitrogen and oxygen atoms in total. The number of pyridine rings is 2. The van der Waals surface area contributed by atoms with E-state index < -0.39 is 22.0 Å². The summed E-state index contributed by atoms with van der Waals surface area (Å²) in [7, 11) is -3.97. The topological polar surface area (TPSA) is 122 Å². The molecule has 200 valence electrons. The molecule has 2 saturated heterocycles. The highest BCUT2D eigenvalue weighted by molar-refractivity contribution is 7.91. The molecule has 0 spiro atoms. The van der Waals surface area contributed by atoms with Gasteiger partial charge in [0.25, 0.3) is 15.6 Å². The second-order valence-electron chi connectivity index (χ2n) is 10.2. The van der Waals surface area contributed by atoms with Crippen LogP contribution in [0.4, 0.5) is 0 Å². The Morgan fingerprint density at radius 3 is 2.84 bits per heavy atom. The second-order valence-corrected chi connectivity index (χ2v) is 13.5. The summed E-state index contributed by atoms with van der Waals surface area (Å²) in [5, 5.41) is 0.926. The highest BCUT2D eigenvalue weighted by Gasteiger charge is 2.38. The van der Waals surface area contributed by atoms with Crippen molar-refractivity contribution in [2.45, 2.75) is 42.0 Å². The minimum atomic E-state index is -3.97. The number of likely N-dealkylation sites (tertiary alicyclic amines) is 2. The molecule has 0 aliphatic carbocycles. The molecule has 3 aliphatic heterocycles. The summed E-state index contributed by atoms with van der Waals surface area (Å²) in [6.07, 6.45) is 1.87. The molecular weight excluding hydrogens is 550 g/mol. The average molecular weight is 576 g/mol. The molecule has 3 aromatic heterocycles. The first kappa shape index (κ1) is 25.5. The monoisotopic (exact) mass is 575 g/mol. The van der Waals surface area contributed by atoms with Crippen LogP contribution in [-0.4, -0.2) is 71.8 Å². The third-order valence-corrected chi connectivity index (χ3v) is 10.8. The number of carbonyl (C=O) groups is 2. The summed E-state index contributed by atoms with van der Waals surface area (Å²) in [5.74, 6) is -0.282. The molecule has 13 heteroatoms. The second kappa shape index (κ2) is 9.74. The van der Waals surface area contributed by atoms with E-state index in [1.807, 2.05) is 10.6 Å². The summed E-state index contributed by atoms with van der Waals surface area (Å²) < 4.78 is 30.6. The van der Waals surface area contributed by atoms with Crippen molar-refractivity contribution in [1.29, 1.82) is 0 Å². The number of halogens is 1. The number of nitrogens with zero attached hydrogens (tertiary/aromatic N) is 4. The zero-order valence-corrected chi connectivity index (χ0v) is 22.8. The summed E-state index contributed by atoms with van der Waals surface area (Å²) in [5.41, 5.74) is 0.938. The molecule has 3 aliphatic rings. The maximum atomic E-state index is 13.3. The van der Waals surface area contributed by atoms with Crippen LogP contribution in [0, 0.1) is 5.92 Å². The first-order valence-electron chi connectivity index (χ1n) is 12.5. The van der Waals surface area contributed by atoms with Crippen molar-refractivity contribution >= 4 is 55.0 Å². The van der Waals surface area contributed by atoms with Gasteiger partial charge in [-0.2, -0.15) is 4.72 Å². The van der Waals surface area contributed by atoms with Crippen molar-refractivity contribution < 1.29 is 18.0 Å². The molecule has 3 aromatic rings. The molecule has 0 aromatic carbocycles. The average Bonchev–Trinajstić information content (AvgIpc) is 3.31. The van der Waals surface area contributed by atoms with Gasteiger partial charge in [0.1, 0.15) is 20.2 Å². The van der Waals surface area contributed by atoms with Gasteiger partial charge >= 0.3 is 0 Å². The number of hydrogen-bond acceptors (Lipinski definition) is 7. The zero-order chi connectivity index (χ0) is 26.6. The van der Waals surface area contributed by atoms with E-state index in [4.69, 9.17) is 11.6 Å². The van der Waals surface area contributed by atoms with Gasteiger partial charge in [0.15, 0.2) is 0 Å². The van der Waals surface area contributed by atoms with Crippen LogP contribution in [0.5, 0.6) is 0 Å². The number of hydrogen-bond donors (Lipinski definition) is 1. The molecule has 2 bridgehead atoms. The fourth-order valence-corrected chi connectivity index (χ4v) is 8.59. The van der Waals surface area contributed by atoms with E-state index in [9.17, 15) is 22.8 Å². The molecule has 6 heterocycles. The maximum absolute atomic E-state index is 13.3. The molecule has 38 heavy (non-hydrogen) atoms. The number of aromatic nitrogens is 2. The Labute approximate surface area is 228 Å². The van der Waals surface area contributed by atoms with Crippen LogP contribution in [0.3, 0.4) is 0 Å². The number of rotatable bonds is 5. The van der Waals surface area contributed by atoms with Crippen LogP contribution in [0.2, 0.25) is 5.15 Å². The van der Waals surface area contributed by atoms with Crippen LogP contribution in [-0.2, 0) is 26.2 Å². The number of piperidine rings is 2. The Kier molecular flexibility index (Phi) is 6.53. The number of nitrogens with one attached hydrogen (secondary N) is 1. The van der Waals surface area contributed by atoms with Gasteiger partial charge in [0.2, 0.25) is 11.8 Å². The van der Waals surface area contributed by atoms with E-state index >= 15 is 0 Å². The van der Waals surface area contributed by atoms with Gasteiger partial charge in [-0.1, -0.05) is 17.7 Å². The molecular formula is C25H26ClN5O5S2. The lowest BCUT2D eigenvalue weighted by Gasteiger charge is -2.43. The number of thiophene rings is 1. The quantitative estimate of drug-likeness (QED) is 0.465. The lowest BCUT2D eigenvalue weighted by molar-refractivity contribution is -0.144. The highest BCUT2D eigenvalue weighted by atomic mass is 35.5. The van der Waals surface area contributed by atoms with Crippen molar-refractivity contribution in [2.75, 3.05) is 26.2 Å². The third-order valence-electron chi connectivity index (χ3n) is 7.58. The van der Waals surface area contributed by atoms with Gasteiger partial charge in [-0.05, 0) is 49.4 Å². The van der Waals surface area contributed by atoms with Gasteiger partial charge in [-0.25, -0.2) is 13.4 Å². The first-order chi connectivity index (χ1) is 18.2. The van der Waals surface area contributed by atoms with Crippen LogP contribution >= 0.6 is 22.9 Å². The first-order valence-corrected chi connectivity index (χ1v) is 15.2. The summed E-state index contributed by atoms with van der Waals surface area (Å²) in [4.78, 5) is 46.7. The van der Waals surface area contributed by atoms with Gasteiger partial charge in [-0.3, -0.25) is 14.4 Å². The lowest BCUT2D eigenvalue weighted by Crippen LogP contribution is -2.56. The number of sulfonamides is 1. The normalized spacial score (nSPS) is 23.5. The molecule has 6 rings (SSSR count). The van der Waals surface area contributed by atoms with Crippen LogP contribution in [0.1, 0.15) is 30.9 Å². The van der Waals surface area contributed by atoms with Crippen LogP contribution < -0.4 is 10.3 Å². The highest BCUT2D eigenvalue weighted by Crippen LogP contribution is 2.35. The molecule has 1 N–H and O–H groups in total. The van der Waals surface area contributed by atoms with E-state index in [1.54, 1.807) is 29.2 Å². The van der Waals surface area contributed by atoms with Crippen molar-refractivity contribution in [1.82, 2.24) is 24.1 Å². The predicted octanol–water partition coefficient (Wildman–Crippen LogP) is 2.03. The lowest BCUT2D eigenvalue weighted by atomic mass is 9.83. The van der Waals surface area contributed by atoms with Gasteiger partial charge < -0.3 is 14.4 Å². The van der Waals surface area contributed by atoms with E-state index in [1.165, 1.54) is 11.0 Å². The van der Waals surface area contributed by atoms with E-state index in [2.05, 4.69) is 9.71 Å². The summed E-state index contributed by atoms with van der Waals surface area (Å²) in [6, 6.07) is 9.13. The van der Waals surface area contributed by atoms with Gasteiger partial charge in [0.05, 0.1) is 6.54 Å². The molecule has 2 amide bonds. The Morgan fingerprint density at radius 1 is 1.16 bits per heavy atom. The van der Waals surface area contributed by atoms with Crippen molar-refractivity contribution in [3.05, 3.63) is 57.6 Å². The van der Waals surface area contributed by atoms with Gasteiger partial charge in [-0.15, -0.1) is 11.3 Å². The van der Waals surface area contributed by atoms with E-state index in [0.29, 0.717) is 49.2 Å². The van der Waals surface area contributed by atoms with E-state index in [0.717, 1.165) is 23.5 Å². The molecule has 3 atom stereocenters. The maximum Gasteiger partial charge on any atom is 0.250 e. The Hall–Kier alpha value is -2.80. The van der Waals surface area contributed by atoms with Crippen molar-refractivity contribution in [3.8, 4) is 0 Å². The Bertz CT molecular complexity index is 1600. The van der Waals surface area contributed by atoms with Crippen molar-refractivity contribution in [2.24, 2.45) is 5.92 Å². The van der Waals surface area contributed by atoms with E-state index in [-0.39, 0.29) is 39.2 Å². The molecule has 1 unspecified atom stereocenters. The molecule has 0 saturated carbocycles. The summed E-state index contributed by atoms with van der Waals surface area (Å²) in [6.45, 7) is 1.93. The Morgan fingerprint density at radius 2 is 2.00 bits per heavy atom. The molecule has 2 fully saturated rings. The minimum absolute atomic E-state index is 0.0138. The predicted molar refractivity (Wildman–Crippen MR) is 143 cm³/mol. The number of amides is 2. The van der Waals surface area contributed by atoms with Gasteiger partial charge in [0, 0.05) is 49.2 Å². The SMILES string of the molecule is O=C(CN1CCC[C@H](NS(=O)(=O)c2cc3ccc(Cl)nc3s2)C1=O)N1CC2C[C@@H](C1)Cn1c2cccc1=O.